The van der Waals surface area contributed by atoms with Gasteiger partial charge in [-0.1, -0.05) is 42.5 Å². The minimum atomic E-state index is -0.875. The van der Waals surface area contributed by atoms with Crippen LogP contribution in [0.25, 0.3) is 22.7 Å². The average molecular weight is 562 g/mol. The number of benzene rings is 3. The molecule has 0 fully saturated rings. The first-order chi connectivity index (χ1) is 20.2. The highest BCUT2D eigenvalue weighted by atomic mass is 16.6. The van der Waals surface area contributed by atoms with Crippen LogP contribution < -0.4 is 11.1 Å². The lowest BCUT2D eigenvalue weighted by atomic mass is 9.89. The molecule has 210 valence electrons. The third-order valence-electron chi connectivity index (χ3n) is 7.45. The number of H-pyrrole nitrogens is 2. The van der Waals surface area contributed by atoms with Crippen LogP contribution >= 0.6 is 0 Å². The van der Waals surface area contributed by atoms with E-state index in [1.807, 2.05) is 67.6 Å². The van der Waals surface area contributed by atoms with Gasteiger partial charge >= 0.3 is 0 Å². The van der Waals surface area contributed by atoms with E-state index >= 15 is 0 Å². The van der Waals surface area contributed by atoms with Gasteiger partial charge in [-0.15, -0.1) is 0 Å². The van der Waals surface area contributed by atoms with E-state index in [0.717, 1.165) is 5.56 Å². The van der Waals surface area contributed by atoms with Crippen molar-refractivity contribution in [1.82, 2.24) is 19.6 Å². The Labute approximate surface area is 239 Å². The Balaban J connectivity index is 1.58. The minimum absolute atomic E-state index is 0.0652. The number of nitrogens with one attached hydrogen (secondary N) is 2. The molecule has 0 aliphatic carbocycles. The van der Waals surface area contributed by atoms with Gasteiger partial charge in [-0.3, -0.25) is 29.9 Å². The summed E-state index contributed by atoms with van der Waals surface area (Å²) in [6, 6.07) is 26.3. The zero-order valence-electron chi connectivity index (χ0n) is 23.1. The van der Waals surface area contributed by atoms with Gasteiger partial charge in [0.2, 0.25) is 0 Å². The number of aromatic amines is 2. The monoisotopic (exact) mass is 561 g/mol. The van der Waals surface area contributed by atoms with Crippen LogP contribution in [0.2, 0.25) is 0 Å². The van der Waals surface area contributed by atoms with Gasteiger partial charge in [0.1, 0.15) is 11.5 Å². The molecule has 3 heterocycles. The molecule has 0 saturated carbocycles. The summed E-state index contributed by atoms with van der Waals surface area (Å²) in [7, 11) is 0. The number of rotatable bonds is 7. The number of nitro benzene ring substituents is 1. The number of hydrogen-bond acceptors (Lipinski definition) is 5. The molecular formula is C32H27N5O5. The molecule has 0 amide bonds. The molecule has 0 atom stereocenters. The van der Waals surface area contributed by atoms with Crippen LogP contribution in [-0.2, 0) is 0 Å². The highest BCUT2D eigenvalue weighted by Crippen LogP contribution is 2.37. The van der Waals surface area contributed by atoms with Gasteiger partial charge in [0.15, 0.2) is 0 Å². The van der Waals surface area contributed by atoms with Crippen LogP contribution in [0.4, 0.5) is 5.69 Å². The molecule has 0 aliphatic rings. The Morgan fingerprint density at radius 2 is 1.26 bits per heavy atom. The fourth-order valence-electron chi connectivity index (χ4n) is 5.39. The summed E-state index contributed by atoms with van der Waals surface area (Å²) in [5, 5.41) is 17.8. The number of hydrogen-bond donors (Lipinski definition) is 2. The second-order valence-corrected chi connectivity index (χ2v) is 10.1. The van der Waals surface area contributed by atoms with Crippen molar-refractivity contribution in [3.8, 4) is 22.7 Å². The highest BCUT2D eigenvalue weighted by molar-refractivity contribution is 5.66. The Morgan fingerprint density at radius 3 is 1.76 bits per heavy atom. The molecule has 0 aliphatic heterocycles. The highest BCUT2D eigenvalue weighted by Gasteiger charge is 2.33. The molecule has 0 saturated heterocycles. The van der Waals surface area contributed by atoms with Crippen molar-refractivity contribution in [2.45, 2.75) is 26.7 Å². The zero-order chi connectivity index (χ0) is 29.5. The zero-order valence-corrected chi connectivity index (χ0v) is 23.1. The first kappa shape index (κ1) is 26.6. The largest absolute Gasteiger partial charge is 0.460 e. The summed E-state index contributed by atoms with van der Waals surface area (Å²) in [4.78, 5) is 39.1. The van der Waals surface area contributed by atoms with Gasteiger partial charge in [0.05, 0.1) is 33.3 Å². The smallest absolute Gasteiger partial charge is 0.275 e. The second kappa shape index (κ2) is 10.4. The molecule has 2 N–H and O–H groups in total. The predicted octanol–water partition coefficient (Wildman–Crippen LogP) is 5.92. The Kier molecular flexibility index (Phi) is 6.58. The Morgan fingerprint density at radius 1 is 0.738 bits per heavy atom. The van der Waals surface area contributed by atoms with Crippen molar-refractivity contribution >= 4 is 5.69 Å². The van der Waals surface area contributed by atoms with Crippen molar-refractivity contribution in [3.63, 3.8) is 0 Å². The molecule has 6 aromatic rings. The minimum Gasteiger partial charge on any atom is -0.460 e. The van der Waals surface area contributed by atoms with E-state index in [-0.39, 0.29) is 16.8 Å². The Bertz CT molecular complexity index is 1950. The number of aromatic nitrogens is 4. The van der Waals surface area contributed by atoms with Crippen LogP contribution in [0, 0.1) is 30.9 Å². The lowest BCUT2D eigenvalue weighted by molar-refractivity contribution is -0.384. The molecule has 3 aromatic heterocycles. The maximum Gasteiger partial charge on any atom is 0.275 e. The second-order valence-electron chi connectivity index (χ2n) is 10.1. The van der Waals surface area contributed by atoms with Gasteiger partial charge in [0.25, 0.3) is 16.8 Å². The van der Waals surface area contributed by atoms with Crippen molar-refractivity contribution < 1.29 is 9.34 Å². The molecule has 0 spiro atoms. The molecule has 10 nitrogen and oxygen atoms in total. The SMILES string of the molecule is Cc1ccc([N+](=O)[O-])cc1-c1ccc(C(c2c(C)[nH]n(-c3ccccc3)c2=O)c2c(C)[nH]n(-c3ccccc3)c2=O)o1. The molecule has 0 unspecified atom stereocenters. The topological polar surface area (TPSA) is 132 Å². The molecule has 42 heavy (non-hydrogen) atoms. The summed E-state index contributed by atoms with van der Waals surface area (Å²) in [6.07, 6.45) is 0. The van der Waals surface area contributed by atoms with E-state index in [1.54, 1.807) is 32.0 Å². The average Bonchev–Trinajstić information content (AvgIpc) is 3.67. The number of para-hydroxylation sites is 2. The first-order valence-electron chi connectivity index (χ1n) is 13.3. The lowest BCUT2D eigenvalue weighted by Crippen LogP contribution is -2.25. The van der Waals surface area contributed by atoms with Gasteiger partial charge in [0, 0.05) is 29.1 Å². The van der Waals surface area contributed by atoms with Crippen LogP contribution in [0.5, 0.6) is 0 Å². The lowest BCUT2D eigenvalue weighted by Gasteiger charge is -2.13. The van der Waals surface area contributed by atoms with Crippen LogP contribution in [0.1, 0.15) is 39.8 Å². The summed E-state index contributed by atoms with van der Waals surface area (Å²) in [6.45, 7) is 5.41. The number of nitro groups is 1. The first-order valence-corrected chi connectivity index (χ1v) is 13.3. The quantitative estimate of drug-likeness (QED) is 0.185. The summed E-state index contributed by atoms with van der Waals surface area (Å²) in [5.41, 5.74) is 3.79. The fraction of sp³-hybridized carbons (Fsp3) is 0.125. The number of aryl methyl sites for hydroxylation is 3. The van der Waals surface area contributed by atoms with Crippen LogP contribution in [0.3, 0.4) is 0 Å². The van der Waals surface area contributed by atoms with Crippen molar-refractivity contribution in [3.05, 3.63) is 156 Å². The summed E-state index contributed by atoms with van der Waals surface area (Å²) >= 11 is 0. The third kappa shape index (κ3) is 4.48. The maximum atomic E-state index is 14.0. The molecular weight excluding hydrogens is 534 g/mol. The van der Waals surface area contributed by atoms with E-state index in [2.05, 4.69) is 10.2 Å². The number of non-ortho nitro benzene ring substituents is 1. The van der Waals surface area contributed by atoms with E-state index in [1.165, 1.54) is 21.5 Å². The van der Waals surface area contributed by atoms with Gasteiger partial charge in [-0.05, 0) is 62.7 Å². The molecule has 0 bridgehead atoms. The Hall–Kier alpha value is -5.64. The summed E-state index contributed by atoms with van der Waals surface area (Å²) < 4.78 is 9.26. The van der Waals surface area contributed by atoms with Crippen LogP contribution in [-0.4, -0.2) is 24.5 Å². The summed E-state index contributed by atoms with van der Waals surface area (Å²) in [5.74, 6) is -0.126. The molecule has 6 rings (SSSR count). The van der Waals surface area contributed by atoms with E-state index < -0.39 is 10.8 Å². The molecule has 10 heteroatoms. The van der Waals surface area contributed by atoms with Crippen molar-refractivity contribution in [2.75, 3.05) is 0 Å². The van der Waals surface area contributed by atoms with Gasteiger partial charge < -0.3 is 4.42 Å². The van der Waals surface area contributed by atoms with E-state index in [9.17, 15) is 19.7 Å². The van der Waals surface area contributed by atoms with Crippen molar-refractivity contribution in [1.29, 1.82) is 0 Å². The maximum absolute atomic E-state index is 14.0. The van der Waals surface area contributed by atoms with Gasteiger partial charge in [-0.2, -0.15) is 0 Å². The molecule has 0 radical (unpaired) electrons. The normalized spacial score (nSPS) is 11.3. The standard InChI is InChI=1S/C32H27N5O5/c1-19-14-15-24(37(40)41)18-25(19)26-16-17-27(42-26)30(28-20(2)33-35(31(28)38)22-10-6-4-7-11-22)29-21(3)34-36(32(29)39)23-12-8-5-9-13-23/h4-18,30,33-34H,1-3H3. The predicted molar refractivity (Wildman–Crippen MR) is 159 cm³/mol. The van der Waals surface area contributed by atoms with Crippen molar-refractivity contribution in [2.24, 2.45) is 0 Å². The van der Waals surface area contributed by atoms with Gasteiger partial charge in [-0.25, -0.2) is 9.36 Å². The van der Waals surface area contributed by atoms with E-state index in [4.69, 9.17) is 4.42 Å². The third-order valence-corrected chi connectivity index (χ3v) is 7.45. The van der Waals surface area contributed by atoms with E-state index in [0.29, 0.717) is 51.0 Å². The number of nitrogens with zero attached hydrogens (tertiary/aromatic N) is 3. The van der Waals surface area contributed by atoms with Crippen LogP contribution in [0.15, 0.2) is 105 Å². The number of furan rings is 1. The fourth-order valence-corrected chi connectivity index (χ4v) is 5.39. The molecule has 3 aromatic carbocycles.